The van der Waals surface area contributed by atoms with Crippen molar-refractivity contribution in [3.05, 3.63) is 60.2 Å². The molecule has 0 fully saturated rings. The molecule has 1 atom stereocenters. The number of benzene rings is 2. The number of sulfonamides is 1. The van der Waals surface area contributed by atoms with Gasteiger partial charge in [-0.3, -0.25) is 4.31 Å². The van der Waals surface area contributed by atoms with Crippen LogP contribution in [0.5, 0.6) is 0 Å². The second kappa shape index (κ2) is 10.9. The fraction of sp³-hybridized carbons (Fsp3) is 0.500. The Bertz CT molecular complexity index is 855. The molecule has 0 amide bonds. The molecule has 2 aromatic rings. The lowest BCUT2D eigenvalue weighted by Gasteiger charge is -2.30. The topological polar surface area (TPSA) is 62.0 Å². The van der Waals surface area contributed by atoms with E-state index in [1.807, 2.05) is 25.1 Å². The van der Waals surface area contributed by atoms with Crippen LogP contribution in [0, 0.1) is 18.8 Å². The number of para-hydroxylation sites is 1. The smallest absolute Gasteiger partial charge is 0.264 e. The molecule has 166 valence electrons. The maximum Gasteiger partial charge on any atom is 0.264 e. The molecular weight excluding hydrogens is 396 g/mol. The van der Waals surface area contributed by atoms with Crippen molar-refractivity contribution in [2.75, 3.05) is 30.5 Å². The second-order valence-corrected chi connectivity index (χ2v) is 10.9. The van der Waals surface area contributed by atoms with Gasteiger partial charge in [0, 0.05) is 11.8 Å². The van der Waals surface area contributed by atoms with E-state index in [-0.39, 0.29) is 11.4 Å². The number of nitrogens with one attached hydrogen (secondary N) is 1. The van der Waals surface area contributed by atoms with Crippen LogP contribution in [-0.2, 0) is 10.0 Å². The zero-order valence-corrected chi connectivity index (χ0v) is 19.7. The Hall–Kier alpha value is -1.89. The van der Waals surface area contributed by atoms with Gasteiger partial charge in [0.2, 0.25) is 0 Å². The van der Waals surface area contributed by atoms with Crippen LogP contribution >= 0.6 is 0 Å². The predicted molar refractivity (Wildman–Crippen MR) is 123 cm³/mol. The lowest BCUT2D eigenvalue weighted by Crippen LogP contribution is -3.14. The zero-order valence-electron chi connectivity index (χ0n) is 18.9. The molecule has 0 aliphatic heterocycles. The van der Waals surface area contributed by atoms with E-state index in [4.69, 9.17) is 0 Å². The molecule has 0 aliphatic carbocycles. The van der Waals surface area contributed by atoms with E-state index in [1.54, 1.807) is 36.4 Å². The minimum absolute atomic E-state index is 0.0277. The van der Waals surface area contributed by atoms with Gasteiger partial charge < -0.3 is 10.0 Å². The molecule has 0 bridgehead atoms. The molecule has 2 aromatic carbocycles. The molecule has 0 heterocycles. The van der Waals surface area contributed by atoms with Gasteiger partial charge in [-0.25, -0.2) is 8.42 Å². The largest absolute Gasteiger partial charge is 0.385 e. The number of anilines is 1. The third-order valence-corrected chi connectivity index (χ3v) is 6.76. The van der Waals surface area contributed by atoms with Gasteiger partial charge in [0.1, 0.15) is 12.6 Å². The number of quaternary nitrogens is 1. The molecule has 0 aliphatic rings. The quantitative estimate of drug-likeness (QED) is 0.573. The number of aliphatic hydroxyl groups excluding tert-OH is 1. The number of aliphatic hydroxyl groups is 1. The van der Waals surface area contributed by atoms with Crippen LogP contribution in [0.3, 0.4) is 0 Å². The van der Waals surface area contributed by atoms with Crippen molar-refractivity contribution in [3.63, 3.8) is 0 Å². The summed E-state index contributed by atoms with van der Waals surface area (Å²) in [5.74, 6) is 1.01. The van der Waals surface area contributed by atoms with Crippen LogP contribution in [0.2, 0.25) is 0 Å². The first-order valence-electron chi connectivity index (χ1n) is 10.8. The van der Waals surface area contributed by atoms with Crippen molar-refractivity contribution in [1.82, 2.24) is 0 Å². The van der Waals surface area contributed by atoms with Crippen molar-refractivity contribution in [2.24, 2.45) is 11.8 Å². The van der Waals surface area contributed by atoms with Crippen LogP contribution in [0.25, 0.3) is 0 Å². The van der Waals surface area contributed by atoms with Crippen LogP contribution in [0.4, 0.5) is 5.69 Å². The van der Waals surface area contributed by atoms with Gasteiger partial charge in [0.15, 0.2) is 0 Å². The van der Waals surface area contributed by atoms with Crippen molar-refractivity contribution in [2.45, 2.75) is 45.6 Å². The summed E-state index contributed by atoms with van der Waals surface area (Å²) in [6.07, 6.45) is -0.766. The van der Waals surface area contributed by atoms with E-state index < -0.39 is 16.1 Å². The van der Waals surface area contributed by atoms with Crippen LogP contribution < -0.4 is 9.21 Å². The fourth-order valence-corrected chi connectivity index (χ4v) is 5.27. The number of nitrogens with zero attached hydrogens (tertiary/aromatic N) is 1. The van der Waals surface area contributed by atoms with Gasteiger partial charge >= 0.3 is 0 Å². The van der Waals surface area contributed by atoms with Crippen molar-refractivity contribution in [1.29, 1.82) is 0 Å². The molecule has 5 nitrogen and oxygen atoms in total. The number of aryl methyl sites for hydroxylation is 1. The standard InChI is InChI=1S/C24H36N2O3S/c1-19(2)15-25(16-20(3)4)17-23(27)18-26(22-9-7-6-8-10-22)30(28,29)24-13-11-21(5)12-14-24/h6-14,19-20,23,27H,15-18H2,1-5H3/p+1/t23-/m0/s1. The highest BCUT2D eigenvalue weighted by molar-refractivity contribution is 7.92. The predicted octanol–water partition coefficient (Wildman–Crippen LogP) is 2.75. The van der Waals surface area contributed by atoms with Gasteiger partial charge in [-0.1, -0.05) is 63.6 Å². The first-order valence-corrected chi connectivity index (χ1v) is 12.2. The Labute approximate surface area is 182 Å². The van der Waals surface area contributed by atoms with Gasteiger partial charge in [0.25, 0.3) is 10.0 Å². The summed E-state index contributed by atoms with van der Waals surface area (Å²) < 4.78 is 28.2. The van der Waals surface area contributed by atoms with Crippen molar-refractivity contribution in [3.8, 4) is 0 Å². The highest BCUT2D eigenvalue weighted by Gasteiger charge is 2.29. The summed E-state index contributed by atoms with van der Waals surface area (Å²) in [4.78, 5) is 1.53. The molecule has 0 saturated heterocycles. The maximum atomic E-state index is 13.4. The summed E-state index contributed by atoms with van der Waals surface area (Å²) in [5.41, 5.74) is 1.56. The normalized spacial score (nSPS) is 13.2. The fourth-order valence-electron chi connectivity index (χ4n) is 3.77. The SMILES string of the molecule is Cc1ccc(S(=O)(=O)N(C[C@@H](O)C[NH+](CC(C)C)CC(C)C)c2ccccc2)cc1. The second-order valence-electron chi connectivity index (χ2n) is 8.99. The molecule has 0 radical (unpaired) electrons. The Balaban J connectivity index is 2.28. The van der Waals surface area contributed by atoms with Crippen LogP contribution in [-0.4, -0.2) is 45.8 Å². The van der Waals surface area contributed by atoms with E-state index in [0.29, 0.717) is 24.1 Å². The Morgan fingerprint density at radius 3 is 1.90 bits per heavy atom. The molecule has 2 rings (SSSR count). The summed E-state index contributed by atoms with van der Waals surface area (Å²) in [6.45, 7) is 13.1. The maximum absolute atomic E-state index is 13.4. The summed E-state index contributed by atoms with van der Waals surface area (Å²) in [6, 6.07) is 15.9. The van der Waals surface area contributed by atoms with Gasteiger partial charge in [0.05, 0.1) is 30.2 Å². The Morgan fingerprint density at radius 2 is 1.40 bits per heavy atom. The molecule has 0 spiro atoms. The third kappa shape index (κ3) is 7.11. The minimum atomic E-state index is -3.78. The van der Waals surface area contributed by atoms with E-state index in [9.17, 15) is 13.5 Å². The average Bonchev–Trinajstić information content (AvgIpc) is 2.66. The summed E-state index contributed by atoms with van der Waals surface area (Å²) in [5, 5.41) is 10.9. The van der Waals surface area contributed by atoms with Crippen LogP contribution in [0.1, 0.15) is 33.3 Å². The molecular formula is C24H37N2O3S+. The van der Waals surface area contributed by atoms with E-state index in [0.717, 1.165) is 18.7 Å². The third-order valence-electron chi connectivity index (χ3n) is 4.95. The molecule has 0 aromatic heterocycles. The number of hydrogen-bond acceptors (Lipinski definition) is 3. The number of hydrogen-bond donors (Lipinski definition) is 2. The first kappa shape index (κ1) is 24.4. The molecule has 0 saturated carbocycles. The van der Waals surface area contributed by atoms with E-state index in [1.165, 1.54) is 9.21 Å². The highest BCUT2D eigenvalue weighted by Crippen LogP contribution is 2.24. The van der Waals surface area contributed by atoms with Gasteiger partial charge in [-0.15, -0.1) is 0 Å². The van der Waals surface area contributed by atoms with E-state index in [2.05, 4.69) is 27.7 Å². The first-order chi connectivity index (χ1) is 14.1. The summed E-state index contributed by atoms with van der Waals surface area (Å²) in [7, 11) is -3.78. The highest BCUT2D eigenvalue weighted by atomic mass is 32.2. The molecule has 30 heavy (non-hydrogen) atoms. The monoisotopic (exact) mass is 433 g/mol. The Kier molecular flexibility index (Phi) is 8.89. The summed E-state index contributed by atoms with van der Waals surface area (Å²) >= 11 is 0. The van der Waals surface area contributed by atoms with Crippen molar-refractivity contribution < 1.29 is 18.4 Å². The lowest BCUT2D eigenvalue weighted by molar-refractivity contribution is -0.909. The van der Waals surface area contributed by atoms with Crippen LogP contribution in [0.15, 0.2) is 59.5 Å². The van der Waals surface area contributed by atoms with Crippen molar-refractivity contribution >= 4 is 15.7 Å². The molecule has 0 unspecified atom stereocenters. The Morgan fingerprint density at radius 1 is 0.867 bits per heavy atom. The lowest BCUT2D eigenvalue weighted by atomic mass is 10.1. The van der Waals surface area contributed by atoms with Gasteiger partial charge in [-0.05, 0) is 31.2 Å². The average molecular weight is 434 g/mol. The van der Waals surface area contributed by atoms with Gasteiger partial charge in [-0.2, -0.15) is 0 Å². The molecule has 6 heteroatoms. The number of rotatable bonds is 11. The van der Waals surface area contributed by atoms with E-state index >= 15 is 0 Å². The molecule has 2 N–H and O–H groups in total. The zero-order chi connectivity index (χ0) is 22.3. The minimum Gasteiger partial charge on any atom is -0.385 e.